The molecule has 6 aromatic rings. The number of hydrogen-bond acceptors (Lipinski definition) is 3. The highest BCUT2D eigenvalue weighted by Gasteiger charge is 2.11. The first-order valence-electron chi connectivity index (χ1n) is 10.9. The molecule has 0 fully saturated rings. The van der Waals surface area contributed by atoms with Gasteiger partial charge in [-0.15, -0.1) is 0 Å². The summed E-state index contributed by atoms with van der Waals surface area (Å²) in [4.78, 5) is 9.45. The molecular weight excluding hydrogens is 406 g/mol. The molecule has 0 radical (unpaired) electrons. The van der Waals surface area contributed by atoms with Crippen LogP contribution in [-0.2, 0) is 7.05 Å². The molecule has 0 saturated heterocycles. The highest BCUT2D eigenvalue weighted by Crippen LogP contribution is 2.31. The van der Waals surface area contributed by atoms with Crippen molar-refractivity contribution in [1.82, 2.24) is 14.5 Å². The maximum atomic E-state index is 6.24. The van der Waals surface area contributed by atoms with E-state index in [4.69, 9.17) is 9.72 Å². The number of benzene rings is 4. The van der Waals surface area contributed by atoms with Gasteiger partial charge >= 0.3 is 0 Å². The summed E-state index contributed by atoms with van der Waals surface area (Å²) in [6.45, 7) is 0. The van der Waals surface area contributed by atoms with Crippen molar-refractivity contribution < 1.29 is 4.74 Å². The number of hydrogen-bond donors (Lipinski definition) is 0. The van der Waals surface area contributed by atoms with Gasteiger partial charge in [0.1, 0.15) is 17.3 Å². The first-order chi connectivity index (χ1) is 16.2. The van der Waals surface area contributed by atoms with Crippen LogP contribution in [0.4, 0.5) is 0 Å². The first-order valence-corrected chi connectivity index (χ1v) is 10.9. The van der Waals surface area contributed by atoms with Gasteiger partial charge in [0, 0.05) is 29.8 Å². The minimum atomic E-state index is 0.767. The molecule has 0 N–H and O–H groups in total. The zero-order chi connectivity index (χ0) is 22.2. The molecule has 2 aromatic heterocycles. The van der Waals surface area contributed by atoms with Crippen molar-refractivity contribution in [3.8, 4) is 34.1 Å². The molecule has 0 atom stereocenters. The molecule has 0 amide bonds. The Kier molecular flexibility index (Phi) is 4.62. The second kappa shape index (κ2) is 7.92. The van der Waals surface area contributed by atoms with E-state index in [1.807, 2.05) is 80.0 Å². The Bertz CT molecular complexity index is 1620. The van der Waals surface area contributed by atoms with E-state index in [2.05, 4.69) is 45.9 Å². The van der Waals surface area contributed by atoms with Gasteiger partial charge in [-0.25, -0.2) is 4.98 Å². The lowest BCUT2D eigenvalue weighted by molar-refractivity contribution is 0.483. The van der Waals surface area contributed by atoms with Gasteiger partial charge in [0.15, 0.2) is 0 Å². The molecule has 158 valence electrons. The van der Waals surface area contributed by atoms with Gasteiger partial charge in [-0.3, -0.25) is 4.98 Å². The van der Waals surface area contributed by atoms with Crippen LogP contribution in [0.2, 0.25) is 0 Å². The molecule has 0 bridgehead atoms. The third kappa shape index (κ3) is 3.62. The van der Waals surface area contributed by atoms with Crippen molar-refractivity contribution in [2.45, 2.75) is 0 Å². The van der Waals surface area contributed by atoms with E-state index in [1.54, 1.807) is 0 Å². The molecule has 0 aliphatic carbocycles. The highest BCUT2D eigenvalue weighted by atomic mass is 16.5. The van der Waals surface area contributed by atoms with E-state index >= 15 is 0 Å². The number of ether oxygens (including phenoxy) is 1. The molecule has 0 aliphatic rings. The molecule has 0 saturated carbocycles. The van der Waals surface area contributed by atoms with Crippen molar-refractivity contribution in [3.05, 3.63) is 109 Å². The van der Waals surface area contributed by atoms with Crippen molar-refractivity contribution >= 4 is 21.8 Å². The molecule has 33 heavy (non-hydrogen) atoms. The van der Waals surface area contributed by atoms with Crippen LogP contribution < -0.4 is 4.74 Å². The zero-order valence-corrected chi connectivity index (χ0v) is 18.1. The van der Waals surface area contributed by atoms with Crippen LogP contribution in [0.1, 0.15) is 0 Å². The van der Waals surface area contributed by atoms with Crippen molar-refractivity contribution in [2.24, 2.45) is 7.05 Å². The van der Waals surface area contributed by atoms with Crippen molar-refractivity contribution in [1.29, 1.82) is 0 Å². The van der Waals surface area contributed by atoms with E-state index in [0.29, 0.717) is 0 Å². The Morgan fingerprint density at radius 1 is 0.667 bits per heavy atom. The Balaban J connectivity index is 1.32. The predicted octanol–water partition coefficient (Wildman–Crippen LogP) is 7.25. The van der Waals surface area contributed by atoms with Crippen LogP contribution in [0.25, 0.3) is 44.5 Å². The van der Waals surface area contributed by atoms with Gasteiger partial charge in [0.05, 0.1) is 16.7 Å². The number of aromatic nitrogens is 3. The summed E-state index contributed by atoms with van der Waals surface area (Å²) < 4.78 is 8.35. The first kappa shape index (κ1) is 19.3. The van der Waals surface area contributed by atoms with Gasteiger partial charge in [-0.05, 0) is 47.9 Å². The fourth-order valence-corrected chi connectivity index (χ4v) is 4.20. The van der Waals surface area contributed by atoms with Gasteiger partial charge in [0.25, 0.3) is 0 Å². The Hall–Kier alpha value is -4.44. The van der Waals surface area contributed by atoms with Crippen molar-refractivity contribution in [3.63, 3.8) is 0 Å². The largest absolute Gasteiger partial charge is 0.457 e. The highest BCUT2D eigenvalue weighted by molar-refractivity contribution is 5.85. The fourth-order valence-electron chi connectivity index (χ4n) is 4.20. The zero-order valence-electron chi connectivity index (χ0n) is 18.1. The van der Waals surface area contributed by atoms with Crippen LogP contribution >= 0.6 is 0 Å². The van der Waals surface area contributed by atoms with Gasteiger partial charge in [-0.2, -0.15) is 0 Å². The standard InChI is InChI=1S/C29H21N3O/c1-32-28-15-5-4-14-26(28)31-29(32)22-11-7-13-25(17-22)33-24-12-6-10-21(16-24)27-18-20-8-2-3-9-23(20)19-30-27/h2-19H,1H3. The third-order valence-corrected chi connectivity index (χ3v) is 5.88. The summed E-state index contributed by atoms with van der Waals surface area (Å²) in [7, 11) is 2.04. The average molecular weight is 428 g/mol. The predicted molar refractivity (Wildman–Crippen MR) is 133 cm³/mol. The summed E-state index contributed by atoms with van der Waals surface area (Å²) in [5.41, 5.74) is 5.04. The summed E-state index contributed by atoms with van der Waals surface area (Å²) in [5, 5.41) is 2.30. The molecule has 0 unspecified atom stereocenters. The molecule has 6 rings (SSSR count). The summed E-state index contributed by atoms with van der Waals surface area (Å²) >= 11 is 0. The Morgan fingerprint density at radius 3 is 2.18 bits per heavy atom. The van der Waals surface area contributed by atoms with Crippen LogP contribution in [0, 0.1) is 0 Å². The molecule has 0 aliphatic heterocycles. The topological polar surface area (TPSA) is 39.9 Å². The summed E-state index contributed by atoms with van der Waals surface area (Å²) in [5.74, 6) is 2.45. The maximum absolute atomic E-state index is 6.24. The average Bonchev–Trinajstić information content (AvgIpc) is 3.21. The lowest BCUT2D eigenvalue weighted by atomic mass is 10.1. The second-order valence-corrected chi connectivity index (χ2v) is 8.06. The summed E-state index contributed by atoms with van der Waals surface area (Å²) in [6, 6.07) is 34.6. The van der Waals surface area contributed by atoms with E-state index in [9.17, 15) is 0 Å². The second-order valence-electron chi connectivity index (χ2n) is 8.06. The van der Waals surface area contributed by atoms with Crippen LogP contribution in [0.15, 0.2) is 109 Å². The number of rotatable bonds is 4. The SMILES string of the molecule is Cn1c(-c2cccc(Oc3cccc(-c4cc5ccccc5cn4)c3)c2)nc2ccccc21. The summed E-state index contributed by atoms with van der Waals surface area (Å²) in [6.07, 6.45) is 1.92. The number of para-hydroxylation sites is 2. The number of pyridine rings is 1. The Morgan fingerprint density at radius 2 is 1.36 bits per heavy atom. The molecule has 4 nitrogen and oxygen atoms in total. The van der Waals surface area contributed by atoms with Crippen LogP contribution in [0.5, 0.6) is 11.5 Å². The smallest absolute Gasteiger partial charge is 0.140 e. The van der Waals surface area contributed by atoms with E-state index in [1.165, 1.54) is 5.39 Å². The molecule has 0 spiro atoms. The van der Waals surface area contributed by atoms with Crippen LogP contribution in [0.3, 0.4) is 0 Å². The number of aryl methyl sites for hydroxylation is 1. The normalized spacial score (nSPS) is 11.2. The van der Waals surface area contributed by atoms with Crippen molar-refractivity contribution in [2.75, 3.05) is 0 Å². The van der Waals surface area contributed by atoms with E-state index < -0.39 is 0 Å². The molecular formula is C29H21N3O. The lowest BCUT2D eigenvalue weighted by Crippen LogP contribution is -1.93. The number of fused-ring (bicyclic) bond motifs is 2. The minimum absolute atomic E-state index is 0.767. The molecule has 4 heteroatoms. The monoisotopic (exact) mass is 427 g/mol. The molecule has 2 heterocycles. The fraction of sp³-hybridized carbons (Fsp3) is 0.0345. The van der Waals surface area contributed by atoms with Gasteiger partial charge in [0.2, 0.25) is 0 Å². The molecule has 4 aromatic carbocycles. The lowest BCUT2D eigenvalue weighted by Gasteiger charge is -2.10. The van der Waals surface area contributed by atoms with Gasteiger partial charge < -0.3 is 9.30 Å². The van der Waals surface area contributed by atoms with Gasteiger partial charge in [-0.1, -0.05) is 60.7 Å². The quantitative estimate of drug-likeness (QED) is 0.297. The van der Waals surface area contributed by atoms with E-state index in [-0.39, 0.29) is 0 Å². The van der Waals surface area contributed by atoms with Crippen LogP contribution in [-0.4, -0.2) is 14.5 Å². The van der Waals surface area contributed by atoms with E-state index in [0.717, 1.165) is 50.6 Å². The minimum Gasteiger partial charge on any atom is -0.457 e. The maximum Gasteiger partial charge on any atom is 0.140 e. The number of nitrogens with zero attached hydrogens (tertiary/aromatic N) is 3. The third-order valence-electron chi connectivity index (χ3n) is 5.88. The Labute approximate surface area is 191 Å². The number of imidazole rings is 1.